The van der Waals surface area contributed by atoms with Crippen LogP contribution in [0.15, 0.2) is 18.2 Å². The molecule has 0 saturated heterocycles. The van der Waals surface area contributed by atoms with E-state index in [0.717, 1.165) is 11.3 Å². The van der Waals surface area contributed by atoms with E-state index in [1.165, 1.54) is 5.56 Å². The third-order valence-corrected chi connectivity index (χ3v) is 3.65. The monoisotopic (exact) mass is 250 g/mol. The second-order valence-electron chi connectivity index (χ2n) is 5.14. The van der Waals surface area contributed by atoms with Gasteiger partial charge in [-0.15, -0.1) is 0 Å². The zero-order chi connectivity index (χ0) is 13.7. The fraction of sp³-hybridized carbons (Fsp3) is 0.600. The Hall–Kier alpha value is -1.06. The van der Waals surface area contributed by atoms with Gasteiger partial charge in [-0.05, 0) is 49.5 Å². The summed E-state index contributed by atoms with van der Waals surface area (Å²) < 4.78 is 5.30. The molecule has 102 valence electrons. The molecule has 1 rings (SSSR count). The summed E-state index contributed by atoms with van der Waals surface area (Å²) in [5, 5.41) is 3.39. The van der Waals surface area contributed by atoms with Gasteiger partial charge in [0.2, 0.25) is 0 Å². The van der Waals surface area contributed by atoms with Gasteiger partial charge in [0.05, 0.1) is 7.11 Å². The van der Waals surface area contributed by atoms with Gasteiger partial charge in [-0.3, -0.25) is 0 Å². The van der Waals surface area contributed by atoms with Crippen molar-refractivity contribution in [3.05, 3.63) is 29.3 Å². The van der Waals surface area contributed by atoms with Crippen LogP contribution in [0.1, 0.15) is 31.0 Å². The molecule has 0 aliphatic carbocycles. The molecule has 1 aromatic rings. The minimum absolute atomic E-state index is 0.291. The molecule has 0 fully saturated rings. The molecule has 0 heterocycles. The van der Waals surface area contributed by atoms with Crippen LogP contribution in [0.25, 0.3) is 0 Å². The third kappa shape index (κ3) is 3.24. The van der Waals surface area contributed by atoms with Gasteiger partial charge in [-0.2, -0.15) is 0 Å². The minimum Gasteiger partial charge on any atom is -0.496 e. The Balaban J connectivity index is 3.05. The standard InChI is InChI=1S/C15H26N2O/c1-10(2)13(9-16)15(17-4)12-6-7-14(18-5)11(3)8-12/h6-8,10,13,15,17H,9,16H2,1-5H3. The second-order valence-corrected chi connectivity index (χ2v) is 5.14. The third-order valence-electron chi connectivity index (χ3n) is 3.65. The highest BCUT2D eigenvalue weighted by Crippen LogP contribution is 2.30. The number of nitrogens with one attached hydrogen (secondary N) is 1. The number of rotatable bonds is 6. The normalized spacial score (nSPS) is 14.6. The van der Waals surface area contributed by atoms with Gasteiger partial charge >= 0.3 is 0 Å². The first-order valence-electron chi connectivity index (χ1n) is 6.57. The van der Waals surface area contributed by atoms with Crippen LogP contribution in [0, 0.1) is 18.8 Å². The molecule has 3 N–H and O–H groups in total. The van der Waals surface area contributed by atoms with Crippen LogP contribution < -0.4 is 15.8 Å². The molecule has 1 aromatic carbocycles. The van der Waals surface area contributed by atoms with Gasteiger partial charge < -0.3 is 15.8 Å². The lowest BCUT2D eigenvalue weighted by Crippen LogP contribution is -2.34. The van der Waals surface area contributed by atoms with Gasteiger partial charge in [0.1, 0.15) is 5.75 Å². The summed E-state index contributed by atoms with van der Waals surface area (Å²) in [5.41, 5.74) is 8.36. The lowest BCUT2D eigenvalue weighted by atomic mass is 9.84. The first-order chi connectivity index (χ1) is 8.54. The summed E-state index contributed by atoms with van der Waals surface area (Å²) in [6, 6.07) is 6.63. The molecule has 0 aliphatic rings. The van der Waals surface area contributed by atoms with Crippen LogP contribution in [0.3, 0.4) is 0 Å². The van der Waals surface area contributed by atoms with E-state index in [2.05, 4.69) is 38.2 Å². The summed E-state index contributed by atoms with van der Waals surface area (Å²) >= 11 is 0. The molecule has 2 unspecified atom stereocenters. The molecule has 0 saturated carbocycles. The summed E-state index contributed by atoms with van der Waals surface area (Å²) in [5.74, 6) is 1.92. The molecular formula is C15H26N2O. The van der Waals surface area contributed by atoms with E-state index in [4.69, 9.17) is 10.5 Å². The summed E-state index contributed by atoms with van der Waals surface area (Å²) in [6.07, 6.45) is 0. The first kappa shape index (κ1) is 15.0. The molecule has 18 heavy (non-hydrogen) atoms. The van der Waals surface area contributed by atoms with Crippen molar-refractivity contribution in [2.75, 3.05) is 20.7 Å². The predicted octanol–water partition coefficient (Wildman–Crippen LogP) is 2.50. The Morgan fingerprint density at radius 3 is 2.39 bits per heavy atom. The van der Waals surface area contributed by atoms with Crippen molar-refractivity contribution in [1.29, 1.82) is 0 Å². The molecule has 0 bridgehead atoms. The Bertz CT molecular complexity index is 377. The van der Waals surface area contributed by atoms with E-state index >= 15 is 0 Å². The topological polar surface area (TPSA) is 47.3 Å². The predicted molar refractivity (Wildman–Crippen MR) is 76.9 cm³/mol. The maximum atomic E-state index is 5.92. The second kappa shape index (κ2) is 6.76. The van der Waals surface area contributed by atoms with Crippen molar-refractivity contribution in [1.82, 2.24) is 5.32 Å². The summed E-state index contributed by atoms with van der Waals surface area (Å²) in [6.45, 7) is 7.20. The Morgan fingerprint density at radius 1 is 1.33 bits per heavy atom. The largest absolute Gasteiger partial charge is 0.496 e. The van der Waals surface area contributed by atoms with Crippen LogP contribution in [-0.2, 0) is 0 Å². The van der Waals surface area contributed by atoms with Crippen molar-refractivity contribution in [3.63, 3.8) is 0 Å². The first-order valence-corrected chi connectivity index (χ1v) is 6.57. The number of hydrogen-bond donors (Lipinski definition) is 2. The summed E-state index contributed by atoms with van der Waals surface area (Å²) in [4.78, 5) is 0. The highest BCUT2D eigenvalue weighted by molar-refractivity contribution is 5.37. The quantitative estimate of drug-likeness (QED) is 0.815. The van der Waals surface area contributed by atoms with Crippen molar-refractivity contribution < 1.29 is 4.74 Å². The molecule has 3 heteroatoms. The molecular weight excluding hydrogens is 224 g/mol. The van der Waals surface area contributed by atoms with Gasteiger partial charge in [-0.1, -0.05) is 26.0 Å². The lowest BCUT2D eigenvalue weighted by molar-refractivity contribution is 0.298. The average molecular weight is 250 g/mol. The van der Waals surface area contributed by atoms with Crippen molar-refractivity contribution in [2.45, 2.75) is 26.8 Å². The highest BCUT2D eigenvalue weighted by Gasteiger charge is 2.23. The molecule has 2 atom stereocenters. The number of ether oxygens (including phenoxy) is 1. The van der Waals surface area contributed by atoms with Crippen molar-refractivity contribution in [2.24, 2.45) is 17.6 Å². The lowest BCUT2D eigenvalue weighted by Gasteiger charge is -2.29. The maximum Gasteiger partial charge on any atom is 0.121 e. The van der Waals surface area contributed by atoms with E-state index < -0.39 is 0 Å². The smallest absolute Gasteiger partial charge is 0.121 e. The Morgan fingerprint density at radius 2 is 2.00 bits per heavy atom. The van der Waals surface area contributed by atoms with Gasteiger partial charge in [0, 0.05) is 6.04 Å². The summed E-state index contributed by atoms with van der Waals surface area (Å²) in [7, 11) is 3.70. The molecule has 0 amide bonds. The van der Waals surface area contributed by atoms with E-state index in [9.17, 15) is 0 Å². The average Bonchev–Trinajstić information content (AvgIpc) is 2.35. The Labute approximate surface area is 111 Å². The fourth-order valence-electron chi connectivity index (χ4n) is 2.52. The van der Waals surface area contributed by atoms with Crippen LogP contribution in [0.4, 0.5) is 0 Å². The van der Waals surface area contributed by atoms with E-state index in [0.29, 0.717) is 24.4 Å². The number of benzene rings is 1. The zero-order valence-electron chi connectivity index (χ0n) is 12.2. The van der Waals surface area contributed by atoms with Crippen molar-refractivity contribution in [3.8, 4) is 5.75 Å². The van der Waals surface area contributed by atoms with Crippen LogP contribution >= 0.6 is 0 Å². The van der Waals surface area contributed by atoms with Gasteiger partial charge in [-0.25, -0.2) is 0 Å². The van der Waals surface area contributed by atoms with Crippen LogP contribution in [0.5, 0.6) is 5.75 Å². The van der Waals surface area contributed by atoms with Crippen molar-refractivity contribution >= 4 is 0 Å². The molecule has 3 nitrogen and oxygen atoms in total. The van der Waals surface area contributed by atoms with E-state index in [1.54, 1.807) is 7.11 Å². The van der Waals surface area contributed by atoms with E-state index in [1.807, 2.05) is 13.1 Å². The molecule has 0 radical (unpaired) electrons. The maximum absolute atomic E-state index is 5.92. The minimum atomic E-state index is 0.291. The number of methoxy groups -OCH3 is 1. The number of nitrogens with two attached hydrogens (primary N) is 1. The SMILES string of the molecule is CNC(c1ccc(OC)c(C)c1)C(CN)C(C)C. The molecule has 0 spiro atoms. The van der Waals surface area contributed by atoms with Gasteiger partial charge in [0.25, 0.3) is 0 Å². The molecule has 0 aliphatic heterocycles. The number of hydrogen-bond acceptors (Lipinski definition) is 3. The van der Waals surface area contributed by atoms with Crippen LogP contribution in [-0.4, -0.2) is 20.7 Å². The van der Waals surface area contributed by atoms with Crippen LogP contribution in [0.2, 0.25) is 0 Å². The van der Waals surface area contributed by atoms with E-state index in [-0.39, 0.29) is 0 Å². The zero-order valence-corrected chi connectivity index (χ0v) is 12.2. The highest BCUT2D eigenvalue weighted by atomic mass is 16.5. The fourth-order valence-corrected chi connectivity index (χ4v) is 2.52. The van der Waals surface area contributed by atoms with Gasteiger partial charge in [0.15, 0.2) is 0 Å². The molecule has 0 aromatic heterocycles. The number of aryl methyl sites for hydroxylation is 1. The Kier molecular flexibility index (Phi) is 5.63.